The van der Waals surface area contributed by atoms with Crippen LogP contribution in [0.2, 0.25) is 0 Å². The molecule has 0 aliphatic carbocycles. The number of hydrogen-bond acceptors (Lipinski definition) is 15. The van der Waals surface area contributed by atoms with Gasteiger partial charge in [0.1, 0.15) is 17.1 Å². The lowest BCUT2D eigenvalue weighted by Crippen LogP contribution is -2.36. The van der Waals surface area contributed by atoms with Gasteiger partial charge in [-0.3, -0.25) is 19.5 Å². The number of aromatic carboxylic acids is 2. The van der Waals surface area contributed by atoms with E-state index >= 15 is 0 Å². The normalized spacial score (nSPS) is 14.1. The van der Waals surface area contributed by atoms with Crippen LogP contribution in [-0.4, -0.2) is 132 Å². The highest BCUT2D eigenvalue weighted by Crippen LogP contribution is 2.30. The van der Waals surface area contributed by atoms with Crippen LogP contribution in [0.25, 0.3) is 33.8 Å². The van der Waals surface area contributed by atoms with Crippen LogP contribution < -0.4 is 14.7 Å². The monoisotopic (exact) mass is 893 g/mol. The molecule has 0 radical (unpaired) electrons. The molecule has 6 aromatic heterocycles. The first-order chi connectivity index (χ1) is 31.4. The van der Waals surface area contributed by atoms with Crippen molar-refractivity contribution in [3.63, 3.8) is 0 Å². The minimum Gasteiger partial charge on any atom is -0.477 e. The Bertz CT molecular complexity index is 2660. The van der Waals surface area contributed by atoms with Gasteiger partial charge < -0.3 is 38.6 Å². The van der Waals surface area contributed by atoms with Gasteiger partial charge in [0.25, 0.3) is 5.88 Å². The summed E-state index contributed by atoms with van der Waals surface area (Å²) >= 11 is 0. The summed E-state index contributed by atoms with van der Waals surface area (Å²) in [6.07, 6.45) is 0.735. The van der Waals surface area contributed by atoms with Crippen molar-refractivity contribution < 1.29 is 53.9 Å². The molecule has 7 rings (SSSR count). The fraction of sp³-hybridized carbons (Fsp3) is 0.333. The average molecular weight is 894 g/mol. The molecule has 0 saturated carbocycles. The van der Waals surface area contributed by atoms with E-state index in [0.29, 0.717) is 110 Å². The zero-order chi connectivity index (χ0) is 46.2. The number of pyridine rings is 3. The van der Waals surface area contributed by atoms with Crippen LogP contribution >= 0.6 is 0 Å². The van der Waals surface area contributed by atoms with Crippen molar-refractivity contribution in [2.75, 3.05) is 60.6 Å². The van der Waals surface area contributed by atoms with Crippen molar-refractivity contribution in [1.82, 2.24) is 43.4 Å². The van der Waals surface area contributed by atoms with E-state index in [1.165, 1.54) is 27.4 Å². The summed E-state index contributed by atoms with van der Waals surface area (Å²) in [6, 6.07) is 21.2. The zero-order valence-electron chi connectivity index (χ0n) is 37.0. The second kappa shape index (κ2) is 20.7. The van der Waals surface area contributed by atoms with Crippen molar-refractivity contribution in [3.8, 4) is 51.4 Å². The number of carbonyl (C=O) groups is 3. The first-order valence-electron chi connectivity index (χ1n) is 20.6. The maximum Gasteiger partial charge on any atom is 0.354 e. The Hall–Kier alpha value is -6.94. The van der Waals surface area contributed by atoms with Crippen LogP contribution in [0.4, 0.5) is 0 Å². The molecule has 1 fully saturated rings. The number of hydrogen-bond donors (Lipinski definition) is 2. The summed E-state index contributed by atoms with van der Waals surface area (Å²) in [5, 5.41) is 19.9. The Morgan fingerprint density at radius 1 is 0.554 bits per heavy atom. The predicted octanol–water partition coefficient (Wildman–Crippen LogP) is 4.74. The SMILES string of the molecule is COOc1cc(-c2ccc(C(=O)O)n2C)cc(CN2CCN(Cc3cc(-c4ccc(OOC)n4C)cc(C=O)n3)CCN(Cc3cc(-c4ccc(OOC)n4C)cc(C(=O)O)n3)CC2)n1. The van der Waals surface area contributed by atoms with E-state index < -0.39 is 11.9 Å². The minimum absolute atomic E-state index is 0.0924. The van der Waals surface area contributed by atoms with Crippen LogP contribution in [0.5, 0.6) is 17.6 Å². The van der Waals surface area contributed by atoms with Crippen LogP contribution in [-0.2, 0) is 55.4 Å². The van der Waals surface area contributed by atoms with Gasteiger partial charge in [-0.15, -0.1) is 0 Å². The fourth-order valence-electron chi connectivity index (χ4n) is 8.01. The third-order valence-corrected chi connectivity index (χ3v) is 11.2. The molecule has 20 nitrogen and oxygen atoms in total. The lowest BCUT2D eigenvalue weighted by molar-refractivity contribution is -0.183. The fourth-order valence-corrected chi connectivity index (χ4v) is 8.01. The molecular formula is C45H51N9O11. The zero-order valence-corrected chi connectivity index (χ0v) is 37.0. The molecule has 1 aliphatic heterocycles. The molecule has 0 aromatic carbocycles. The minimum atomic E-state index is -1.15. The Morgan fingerprint density at radius 3 is 1.46 bits per heavy atom. The molecule has 1 saturated heterocycles. The summed E-state index contributed by atoms with van der Waals surface area (Å²) in [7, 11) is 9.55. The van der Waals surface area contributed by atoms with Crippen molar-refractivity contribution >= 4 is 18.2 Å². The Balaban J connectivity index is 1.21. The Kier molecular flexibility index (Phi) is 14.7. The molecule has 7 heterocycles. The molecule has 2 N–H and O–H groups in total. The molecule has 0 atom stereocenters. The van der Waals surface area contributed by atoms with Gasteiger partial charge >= 0.3 is 11.9 Å². The molecule has 6 aromatic rings. The molecule has 0 amide bonds. The van der Waals surface area contributed by atoms with E-state index in [-0.39, 0.29) is 23.0 Å². The van der Waals surface area contributed by atoms with E-state index in [1.807, 2.05) is 41.9 Å². The van der Waals surface area contributed by atoms with Crippen molar-refractivity contribution in [2.24, 2.45) is 21.1 Å². The number of carbonyl (C=O) groups excluding carboxylic acids is 1. The number of rotatable bonds is 18. The van der Waals surface area contributed by atoms with E-state index in [4.69, 9.17) is 39.3 Å². The van der Waals surface area contributed by atoms with Crippen LogP contribution in [0, 0.1) is 0 Å². The van der Waals surface area contributed by atoms with Gasteiger partial charge in [-0.1, -0.05) is 0 Å². The summed E-state index contributed by atoms with van der Waals surface area (Å²) in [6.45, 7) is 4.74. The average Bonchev–Trinajstić information content (AvgIpc) is 3.99. The maximum atomic E-state index is 12.4. The quantitative estimate of drug-likeness (QED) is 0.0678. The van der Waals surface area contributed by atoms with Crippen molar-refractivity contribution in [3.05, 3.63) is 107 Å². The van der Waals surface area contributed by atoms with E-state index in [0.717, 1.165) is 17.5 Å². The van der Waals surface area contributed by atoms with Gasteiger partial charge in [0.15, 0.2) is 6.29 Å². The van der Waals surface area contributed by atoms with Crippen LogP contribution in [0.3, 0.4) is 0 Å². The molecule has 20 heteroatoms. The van der Waals surface area contributed by atoms with Gasteiger partial charge in [-0.25, -0.2) is 24.5 Å². The topological polar surface area (TPSA) is 210 Å². The first-order valence-corrected chi connectivity index (χ1v) is 20.6. The van der Waals surface area contributed by atoms with Crippen LogP contribution in [0.15, 0.2) is 72.8 Å². The Labute approximate surface area is 374 Å². The van der Waals surface area contributed by atoms with E-state index in [9.17, 15) is 24.6 Å². The third kappa shape index (κ3) is 10.9. The second-order valence-electron chi connectivity index (χ2n) is 15.4. The number of aldehydes is 1. The summed E-state index contributed by atoms with van der Waals surface area (Å²) < 4.78 is 5.19. The number of aromatic nitrogens is 6. The lowest BCUT2D eigenvalue weighted by atomic mass is 10.1. The van der Waals surface area contributed by atoms with Crippen LogP contribution in [0.1, 0.15) is 48.5 Å². The first kappa shape index (κ1) is 46.1. The molecular weight excluding hydrogens is 843 g/mol. The Morgan fingerprint density at radius 2 is 1.00 bits per heavy atom. The predicted molar refractivity (Wildman–Crippen MR) is 234 cm³/mol. The summed E-state index contributed by atoms with van der Waals surface area (Å²) in [5.74, 6) is -1.05. The largest absolute Gasteiger partial charge is 0.477 e. The van der Waals surface area contributed by atoms with Crippen molar-refractivity contribution in [1.29, 1.82) is 0 Å². The molecule has 0 spiro atoms. The molecule has 0 bridgehead atoms. The number of nitrogens with zero attached hydrogens (tertiary/aromatic N) is 9. The van der Waals surface area contributed by atoms with E-state index in [1.54, 1.807) is 59.6 Å². The highest BCUT2D eigenvalue weighted by Gasteiger charge is 2.23. The lowest BCUT2D eigenvalue weighted by Gasteiger charge is -2.26. The van der Waals surface area contributed by atoms with Gasteiger partial charge in [-0.05, 0) is 54.6 Å². The van der Waals surface area contributed by atoms with Gasteiger partial charge in [-0.2, -0.15) is 14.7 Å². The van der Waals surface area contributed by atoms with E-state index in [2.05, 4.69) is 19.7 Å². The summed E-state index contributed by atoms with van der Waals surface area (Å²) in [4.78, 5) is 88.0. The van der Waals surface area contributed by atoms with Crippen molar-refractivity contribution in [2.45, 2.75) is 19.6 Å². The van der Waals surface area contributed by atoms with Gasteiger partial charge in [0, 0.05) is 121 Å². The smallest absolute Gasteiger partial charge is 0.354 e. The molecule has 342 valence electrons. The highest BCUT2D eigenvalue weighted by atomic mass is 17.2. The summed E-state index contributed by atoms with van der Waals surface area (Å²) in [5.41, 5.74) is 6.55. The maximum absolute atomic E-state index is 12.4. The molecule has 65 heavy (non-hydrogen) atoms. The number of carboxylic acids is 2. The second-order valence-corrected chi connectivity index (χ2v) is 15.4. The molecule has 1 aliphatic rings. The highest BCUT2D eigenvalue weighted by molar-refractivity contribution is 5.88. The standard InChI is InChI=1S/C45H51N9O11/c1-49-37(7-8-40(49)45(58)59)31-21-34(48-41(24-31)63-60-4)27-54-17-14-52(25-32-19-29(22-35(28-55)46-32)38-9-11-42(50(38)2)64-61-5)13-15-53(16-18-54)26-33-20-30(23-36(47-33)44(56)57)39-10-12-43(51(39)3)65-62-6/h7-12,19-24,28H,13-18,25-27H2,1-6H3,(H,56,57)(H,58,59). The number of carboxylic acid groups (broad SMARTS) is 2. The van der Waals surface area contributed by atoms with Gasteiger partial charge in [0.2, 0.25) is 11.8 Å². The van der Waals surface area contributed by atoms with Gasteiger partial charge in [0.05, 0.1) is 49.8 Å². The molecule has 0 unspecified atom stereocenters. The third-order valence-electron chi connectivity index (χ3n) is 11.2.